The van der Waals surface area contributed by atoms with Crippen LogP contribution in [0.15, 0.2) is 18.2 Å². The fourth-order valence-electron chi connectivity index (χ4n) is 2.79. The lowest BCUT2D eigenvalue weighted by molar-refractivity contribution is -0.120. The summed E-state index contributed by atoms with van der Waals surface area (Å²) in [5.41, 5.74) is 3.26. The Morgan fingerprint density at radius 1 is 1.50 bits per heavy atom. The molecule has 0 radical (unpaired) electrons. The smallest absolute Gasteiger partial charge is 0.216 e. The Labute approximate surface area is 132 Å². The predicted octanol–water partition coefficient (Wildman–Crippen LogP) is 1.17. The summed E-state index contributed by atoms with van der Waals surface area (Å²) in [4.78, 5) is 13.2. The average molecular weight is 306 g/mol. The monoisotopic (exact) mass is 306 g/mol. The summed E-state index contributed by atoms with van der Waals surface area (Å²) in [6.45, 7) is 8.83. The van der Waals surface area contributed by atoms with E-state index in [1.54, 1.807) is 0 Å². The Bertz CT molecular complexity index is 519. The van der Waals surface area contributed by atoms with E-state index in [0.29, 0.717) is 19.7 Å². The molecule has 2 N–H and O–H groups in total. The second-order valence-electron chi connectivity index (χ2n) is 6.07. The van der Waals surface area contributed by atoms with Gasteiger partial charge in [-0.3, -0.25) is 9.69 Å². The Hall–Kier alpha value is -1.43. The summed E-state index contributed by atoms with van der Waals surface area (Å²) in [5.74, 6) is -0.0452. The summed E-state index contributed by atoms with van der Waals surface area (Å²) >= 11 is 0. The van der Waals surface area contributed by atoms with E-state index in [4.69, 9.17) is 4.74 Å². The third kappa shape index (κ3) is 4.80. The maximum Gasteiger partial charge on any atom is 0.216 e. The standard InChI is InChI=1S/C17H26N2O3/c1-12-4-5-13(2)16(8-12)17(21)11-19-6-7-22-15(10-19)9-18-14(3)20/h4-5,8,15,17,21H,6-7,9-11H2,1-3H3,(H,18,20). The van der Waals surface area contributed by atoms with Gasteiger partial charge in [-0.15, -0.1) is 0 Å². The molecule has 1 aromatic carbocycles. The molecule has 5 nitrogen and oxygen atoms in total. The van der Waals surface area contributed by atoms with Crippen molar-refractivity contribution in [2.24, 2.45) is 0 Å². The molecule has 1 saturated heterocycles. The minimum absolute atomic E-state index is 0.0107. The molecule has 2 atom stereocenters. The number of aliphatic hydroxyl groups excluding tert-OH is 1. The van der Waals surface area contributed by atoms with Gasteiger partial charge in [0, 0.05) is 33.1 Å². The van der Waals surface area contributed by atoms with E-state index in [2.05, 4.69) is 22.3 Å². The molecule has 0 spiro atoms. The Morgan fingerprint density at radius 2 is 2.27 bits per heavy atom. The van der Waals surface area contributed by atoms with Crippen molar-refractivity contribution in [1.82, 2.24) is 10.2 Å². The number of carbonyl (C=O) groups excluding carboxylic acids is 1. The van der Waals surface area contributed by atoms with Crippen LogP contribution in [-0.4, -0.2) is 54.8 Å². The summed E-state index contributed by atoms with van der Waals surface area (Å²) in [6, 6.07) is 6.16. The van der Waals surface area contributed by atoms with Gasteiger partial charge in [-0.25, -0.2) is 0 Å². The summed E-state index contributed by atoms with van der Waals surface area (Å²) in [6.07, 6.45) is -0.511. The lowest BCUT2D eigenvalue weighted by Gasteiger charge is -2.34. The molecule has 2 rings (SSSR count). The van der Waals surface area contributed by atoms with Crippen molar-refractivity contribution in [3.05, 3.63) is 34.9 Å². The van der Waals surface area contributed by atoms with Crippen LogP contribution in [0.5, 0.6) is 0 Å². The Kier molecular flexibility index (Phi) is 5.94. The van der Waals surface area contributed by atoms with Crippen LogP contribution in [0.25, 0.3) is 0 Å². The van der Waals surface area contributed by atoms with Crippen LogP contribution in [0.3, 0.4) is 0 Å². The number of benzene rings is 1. The number of aliphatic hydroxyl groups is 1. The molecule has 5 heteroatoms. The molecule has 2 unspecified atom stereocenters. The first-order valence-electron chi connectivity index (χ1n) is 7.79. The number of carbonyl (C=O) groups is 1. The van der Waals surface area contributed by atoms with Crippen LogP contribution >= 0.6 is 0 Å². The first kappa shape index (κ1) is 16.9. The van der Waals surface area contributed by atoms with Crippen LogP contribution in [0.4, 0.5) is 0 Å². The number of amides is 1. The van der Waals surface area contributed by atoms with Gasteiger partial charge >= 0.3 is 0 Å². The quantitative estimate of drug-likeness (QED) is 0.857. The van der Waals surface area contributed by atoms with Gasteiger partial charge in [0.2, 0.25) is 5.91 Å². The molecule has 1 heterocycles. The topological polar surface area (TPSA) is 61.8 Å². The van der Waals surface area contributed by atoms with Crippen molar-refractivity contribution in [2.45, 2.75) is 33.0 Å². The molecule has 1 aliphatic rings. The van der Waals surface area contributed by atoms with Crippen molar-refractivity contribution in [3.8, 4) is 0 Å². The second kappa shape index (κ2) is 7.72. The number of rotatable bonds is 5. The summed E-state index contributed by atoms with van der Waals surface area (Å²) in [7, 11) is 0. The minimum atomic E-state index is -0.501. The summed E-state index contributed by atoms with van der Waals surface area (Å²) < 4.78 is 5.65. The maximum absolute atomic E-state index is 11.0. The van der Waals surface area contributed by atoms with E-state index in [1.807, 2.05) is 19.9 Å². The highest BCUT2D eigenvalue weighted by molar-refractivity contribution is 5.72. The molecule has 0 saturated carbocycles. The van der Waals surface area contributed by atoms with Crippen LogP contribution in [0.2, 0.25) is 0 Å². The molecule has 122 valence electrons. The van der Waals surface area contributed by atoms with E-state index in [0.717, 1.165) is 29.8 Å². The maximum atomic E-state index is 11.0. The van der Waals surface area contributed by atoms with Gasteiger partial charge in [-0.2, -0.15) is 0 Å². The SMILES string of the molecule is CC(=O)NCC1CN(CC(O)c2cc(C)ccc2C)CCO1. The molecule has 1 amide bonds. The van der Waals surface area contributed by atoms with E-state index in [9.17, 15) is 9.90 Å². The average Bonchev–Trinajstić information content (AvgIpc) is 2.48. The Morgan fingerprint density at radius 3 is 3.00 bits per heavy atom. The zero-order valence-electron chi connectivity index (χ0n) is 13.6. The lowest BCUT2D eigenvalue weighted by Crippen LogP contribution is -2.48. The van der Waals surface area contributed by atoms with Crippen LogP contribution in [0, 0.1) is 13.8 Å². The van der Waals surface area contributed by atoms with Crippen molar-refractivity contribution in [3.63, 3.8) is 0 Å². The number of morpholine rings is 1. The van der Waals surface area contributed by atoms with Crippen molar-refractivity contribution in [2.75, 3.05) is 32.8 Å². The first-order chi connectivity index (χ1) is 10.5. The molecule has 0 aliphatic carbocycles. The van der Waals surface area contributed by atoms with E-state index in [-0.39, 0.29) is 12.0 Å². The van der Waals surface area contributed by atoms with Gasteiger partial charge in [0.25, 0.3) is 0 Å². The second-order valence-corrected chi connectivity index (χ2v) is 6.07. The lowest BCUT2D eigenvalue weighted by atomic mass is 10.0. The fourth-order valence-corrected chi connectivity index (χ4v) is 2.79. The number of hydrogen-bond acceptors (Lipinski definition) is 4. The molecule has 1 aromatic rings. The number of aryl methyl sites for hydroxylation is 2. The zero-order valence-corrected chi connectivity index (χ0v) is 13.6. The molecule has 0 bridgehead atoms. The van der Waals surface area contributed by atoms with Crippen LogP contribution in [-0.2, 0) is 9.53 Å². The third-order valence-corrected chi connectivity index (χ3v) is 4.03. The Balaban J connectivity index is 1.91. The van der Waals surface area contributed by atoms with Crippen molar-refractivity contribution >= 4 is 5.91 Å². The van der Waals surface area contributed by atoms with Gasteiger partial charge in [0.1, 0.15) is 0 Å². The summed E-state index contributed by atoms with van der Waals surface area (Å²) in [5, 5.41) is 13.3. The van der Waals surface area contributed by atoms with Gasteiger partial charge < -0.3 is 15.2 Å². The molecule has 22 heavy (non-hydrogen) atoms. The first-order valence-corrected chi connectivity index (χ1v) is 7.79. The van der Waals surface area contributed by atoms with Gasteiger partial charge in [0.05, 0.1) is 18.8 Å². The minimum Gasteiger partial charge on any atom is -0.387 e. The number of β-amino-alcohol motifs (C(OH)–C–C–N with tert-alkyl or cyclic N) is 1. The van der Waals surface area contributed by atoms with E-state index in [1.165, 1.54) is 6.92 Å². The zero-order chi connectivity index (χ0) is 16.1. The number of nitrogens with zero attached hydrogens (tertiary/aromatic N) is 1. The highest BCUT2D eigenvalue weighted by Crippen LogP contribution is 2.21. The van der Waals surface area contributed by atoms with Gasteiger partial charge in [-0.1, -0.05) is 23.8 Å². The van der Waals surface area contributed by atoms with Crippen LogP contribution in [0.1, 0.15) is 29.7 Å². The van der Waals surface area contributed by atoms with E-state index < -0.39 is 6.10 Å². The highest BCUT2D eigenvalue weighted by Gasteiger charge is 2.23. The van der Waals surface area contributed by atoms with Crippen molar-refractivity contribution < 1.29 is 14.6 Å². The molecular weight excluding hydrogens is 280 g/mol. The van der Waals surface area contributed by atoms with Gasteiger partial charge in [-0.05, 0) is 25.0 Å². The largest absolute Gasteiger partial charge is 0.387 e. The molecule has 0 aromatic heterocycles. The van der Waals surface area contributed by atoms with Gasteiger partial charge in [0.15, 0.2) is 0 Å². The molecule has 1 aliphatic heterocycles. The predicted molar refractivity (Wildman–Crippen MR) is 85.7 cm³/mol. The van der Waals surface area contributed by atoms with E-state index >= 15 is 0 Å². The van der Waals surface area contributed by atoms with Crippen molar-refractivity contribution in [1.29, 1.82) is 0 Å². The number of hydrogen-bond donors (Lipinski definition) is 2. The molecular formula is C17H26N2O3. The third-order valence-electron chi connectivity index (χ3n) is 4.03. The highest BCUT2D eigenvalue weighted by atomic mass is 16.5. The molecule has 1 fully saturated rings. The number of ether oxygens (including phenoxy) is 1. The normalized spacial score (nSPS) is 20.6. The van der Waals surface area contributed by atoms with Crippen LogP contribution < -0.4 is 5.32 Å². The number of nitrogens with one attached hydrogen (secondary N) is 1. The fraction of sp³-hybridized carbons (Fsp3) is 0.588.